The Labute approximate surface area is 114 Å². The highest BCUT2D eigenvalue weighted by Crippen LogP contribution is 2.52. The fourth-order valence-electron chi connectivity index (χ4n) is 3.47. The van der Waals surface area contributed by atoms with Gasteiger partial charge in [-0.15, -0.1) is 11.3 Å². The van der Waals surface area contributed by atoms with Gasteiger partial charge in [0.15, 0.2) is 5.78 Å². The maximum Gasteiger partial charge on any atom is 0.164 e. The van der Waals surface area contributed by atoms with Gasteiger partial charge in [0.25, 0.3) is 0 Å². The van der Waals surface area contributed by atoms with E-state index in [0.717, 1.165) is 24.8 Å². The highest BCUT2D eigenvalue weighted by Gasteiger charge is 2.43. The van der Waals surface area contributed by atoms with Crippen molar-refractivity contribution in [3.05, 3.63) is 20.9 Å². The molecule has 2 aliphatic carbocycles. The summed E-state index contributed by atoms with van der Waals surface area (Å²) >= 11 is 1.93. The summed E-state index contributed by atoms with van der Waals surface area (Å²) in [5.41, 5.74) is 2.97. The molecule has 0 N–H and O–H groups in total. The third kappa shape index (κ3) is 1.61. The molecular weight excluding hydrogens is 240 g/mol. The number of hydrogen-bond acceptors (Lipinski definition) is 2. The van der Waals surface area contributed by atoms with E-state index in [-0.39, 0.29) is 10.8 Å². The number of rotatable bonds is 0. The third-order valence-corrected chi connectivity index (χ3v) is 6.35. The zero-order valence-electron chi connectivity index (χ0n) is 11.9. The summed E-state index contributed by atoms with van der Waals surface area (Å²) in [6.45, 7) is 9.31. The molecule has 0 aliphatic heterocycles. The second-order valence-corrected chi connectivity index (χ2v) is 8.25. The first-order valence-corrected chi connectivity index (χ1v) is 7.84. The molecule has 1 aromatic rings. The topological polar surface area (TPSA) is 17.1 Å². The lowest BCUT2D eigenvalue weighted by atomic mass is 9.65. The molecule has 0 amide bonds. The second-order valence-electron chi connectivity index (χ2n) is 7.15. The molecule has 0 spiro atoms. The van der Waals surface area contributed by atoms with Gasteiger partial charge in [0.05, 0.1) is 0 Å². The number of fused-ring (bicyclic) bond motifs is 3. The molecule has 1 heterocycles. The van der Waals surface area contributed by atoms with Crippen molar-refractivity contribution in [3.8, 4) is 0 Å². The number of carbonyl (C=O) groups excluding carboxylic acids is 1. The molecule has 3 rings (SSSR count). The van der Waals surface area contributed by atoms with Crippen LogP contribution in [0.4, 0.5) is 0 Å². The second kappa shape index (κ2) is 3.69. The van der Waals surface area contributed by atoms with Crippen LogP contribution in [0.3, 0.4) is 0 Å². The van der Waals surface area contributed by atoms with Crippen LogP contribution in [-0.2, 0) is 17.3 Å². The van der Waals surface area contributed by atoms with Crippen LogP contribution in [0, 0.1) is 0 Å². The van der Waals surface area contributed by atoms with Gasteiger partial charge in [0, 0.05) is 21.7 Å². The van der Waals surface area contributed by atoms with E-state index in [1.54, 1.807) is 0 Å². The van der Waals surface area contributed by atoms with E-state index >= 15 is 0 Å². The number of ketones is 1. The van der Waals surface area contributed by atoms with Gasteiger partial charge in [-0.1, -0.05) is 27.7 Å². The lowest BCUT2D eigenvalue weighted by Gasteiger charge is -2.40. The summed E-state index contributed by atoms with van der Waals surface area (Å²) in [6.07, 6.45) is 5.35. The van der Waals surface area contributed by atoms with Gasteiger partial charge in [0.1, 0.15) is 0 Å². The van der Waals surface area contributed by atoms with Crippen LogP contribution >= 0.6 is 11.3 Å². The van der Waals surface area contributed by atoms with E-state index in [0.29, 0.717) is 5.78 Å². The lowest BCUT2D eigenvalue weighted by molar-refractivity contribution is 0.0970. The minimum Gasteiger partial charge on any atom is -0.294 e. The first-order chi connectivity index (χ1) is 8.33. The van der Waals surface area contributed by atoms with Gasteiger partial charge in [-0.2, -0.15) is 0 Å². The zero-order chi connectivity index (χ0) is 13.1. The summed E-state index contributed by atoms with van der Waals surface area (Å²) in [5.74, 6) is 0.402. The van der Waals surface area contributed by atoms with Crippen LogP contribution in [0.2, 0.25) is 0 Å². The molecular formula is C16H22OS. The Morgan fingerprint density at radius 2 is 1.67 bits per heavy atom. The maximum absolute atomic E-state index is 12.3. The van der Waals surface area contributed by atoms with E-state index in [1.165, 1.54) is 28.2 Å². The lowest BCUT2D eigenvalue weighted by Crippen LogP contribution is -2.33. The van der Waals surface area contributed by atoms with Crippen molar-refractivity contribution in [2.75, 3.05) is 0 Å². The highest BCUT2D eigenvalue weighted by molar-refractivity contribution is 7.12. The van der Waals surface area contributed by atoms with E-state index in [9.17, 15) is 4.79 Å². The van der Waals surface area contributed by atoms with Crippen LogP contribution < -0.4 is 0 Å². The number of hydrogen-bond donors (Lipinski definition) is 0. The quantitative estimate of drug-likeness (QED) is 0.667. The molecule has 0 fully saturated rings. The minimum atomic E-state index is 0.182. The molecule has 0 unspecified atom stereocenters. The van der Waals surface area contributed by atoms with Crippen LogP contribution in [0.15, 0.2) is 0 Å². The van der Waals surface area contributed by atoms with Gasteiger partial charge in [-0.05, 0) is 42.1 Å². The molecule has 0 saturated carbocycles. The molecule has 0 bridgehead atoms. The van der Waals surface area contributed by atoms with Crippen molar-refractivity contribution in [1.82, 2.24) is 0 Å². The Morgan fingerprint density at radius 3 is 2.39 bits per heavy atom. The third-order valence-electron chi connectivity index (χ3n) is 4.73. The summed E-state index contributed by atoms with van der Waals surface area (Å²) in [6, 6.07) is 0. The molecule has 1 nitrogen and oxygen atoms in total. The van der Waals surface area contributed by atoms with Crippen LogP contribution in [0.5, 0.6) is 0 Å². The predicted octanol–water partition coefficient (Wildman–Crippen LogP) is 4.62. The fourth-order valence-corrected chi connectivity index (χ4v) is 5.14. The molecule has 98 valence electrons. The Kier molecular flexibility index (Phi) is 2.54. The van der Waals surface area contributed by atoms with Crippen molar-refractivity contribution in [1.29, 1.82) is 0 Å². The van der Waals surface area contributed by atoms with E-state index in [1.807, 2.05) is 11.3 Å². The van der Waals surface area contributed by atoms with Crippen LogP contribution in [0.25, 0.3) is 0 Å². The average Bonchev–Trinajstić information content (AvgIpc) is 2.68. The van der Waals surface area contributed by atoms with Crippen molar-refractivity contribution < 1.29 is 4.79 Å². The molecule has 2 heteroatoms. The van der Waals surface area contributed by atoms with E-state index < -0.39 is 0 Å². The van der Waals surface area contributed by atoms with E-state index in [2.05, 4.69) is 27.7 Å². The Morgan fingerprint density at radius 1 is 1.00 bits per heavy atom. The summed E-state index contributed by atoms with van der Waals surface area (Å²) < 4.78 is 0. The van der Waals surface area contributed by atoms with Crippen molar-refractivity contribution >= 4 is 17.1 Å². The Bertz CT molecular complexity index is 519. The molecule has 2 aliphatic rings. The molecule has 0 aromatic carbocycles. The van der Waals surface area contributed by atoms with Gasteiger partial charge < -0.3 is 0 Å². The largest absolute Gasteiger partial charge is 0.294 e. The van der Waals surface area contributed by atoms with Crippen molar-refractivity contribution in [2.24, 2.45) is 0 Å². The zero-order valence-corrected chi connectivity index (χ0v) is 12.7. The standard InChI is InChI=1S/C16H22OS/c1-15(2)8-9-16(3,4)14-13(15)12-10(17)6-5-7-11(12)18-14/h5-9H2,1-4H3. The molecule has 0 saturated heterocycles. The molecule has 18 heavy (non-hydrogen) atoms. The Balaban J connectivity index is 2.30. The summed E-state index contributed by atoms with van der Waals surface area (Å²) in [5, 5.41) is 0. The highest BCUT2D eigenvalue weighted by atomic mass is 32.1. The SMILES string of the molecule is CC1(C)CCC(C)(C)c2c1sc1c2C(=O)CCC1. The summed E-state index contributed by atoms with van der Waals surface area (Å²) in [7, 11) is 0. The maximum atomic E-state index is 12.3. The van der Waals surface area contributed by atoms with Crippen molar-refractivity contribution in [2.45, 2.75) is 70.6 Å². The van der Waals surface area contributed by atoms with Crippen LogP contribution in [0.1, 0.15) is 79.1 Å². The minimum absolute atomic E-state index is 0.182. The molecule has 0 radical (unpaired) electrons. The number of Topliss-reactive ketones (excluding diaryl/α,β-unsaturated/α-hetero) is 1. The summed E-state index contributed by atoms with van der Waals surface area (Å²) in [4.78, 5) is 15.2. The predicted molar refractivity (Wildman–Crippen MR) is 76.9 cm³/mol. The van der Waals surface area contributed by atoms with Crippen molar-refractivity contribution in [3.63, 3.8) is 0 Å². The van der Waals surface area contributed by atoms with E-state index in [4.69, 9.17) is 0 Å². The molecule has 0 atom stereocenters. The average molecular weight is 262 g/mol. The first-order valence-electron chi connectivity index (χ1n) is 7.03. The van der Waals surface area contributed by atoms with Gasteiger partial charge in [-0.3, -0.25) is 4.79 Å². The Hall–Kier alpha value is -0.630. The van der Waals surface area contributed by atoms with Crippen LogP contribution in [-0.4, -0.2) is 5.78 Å². The number of aryl methyl sites for hydroxylation is 1. The fraction of sp³-hybridized carbons (Fsp3) is 0.688. The van der Waals surface area contributed by atoms with Gasteiger partial charge >= 0.3 is 0 Å². The first kappa shape index (κ1) is 12.4. The van der Waals surface area contributed by atoms with Gasteiger partial charge in [0.2, 0.25) is 0 Å². The molecule has 1 aromatic heterocycles. The number of thiophene rings is 1. The smallest absolute Gasteiger partial charge is 0.164 e. The number of carbonyl (C=O) groups is 1. The monoisotopic (exact) mass is 262 g/mol. The normalized spacial score (nSPS) is 24.6. The van der Waals surface area contributed by atoms with Gasteiger partial charge in [-0.25, -0.2) is 0 Å².